The fraction of sp³-hybridized carbons (Fsp3) is 0.562. The van der Waals surface area contributed by atoms with Gasteiger partial charge in [-0.25, -0.2) is 4.98 Å². The van der Waals surface area contributed by atoms with Gasteiger partial charge in [0.2, 0.25) is 0 Å². The second kappa shape index (κ2) is 5.49. The van der Waals surface area contributed by atoms with E-state index in [-0.39, 0.29) is 0 Å². The zero-order chi connectivity index (χ0) is 15.3. The van der Waals surface area contributed by atoms with Crippen molar-refractivity contribution in [3.8, 4) is 0 Å². The number of aromatic nitrogens is 4. The molecular weight excluding hydrogens is 312 g/mol. The number of fused-ring (bicyclic) bond motifs is 5. The molecule has 1 aliphatic rings. The highest BCUT2D eigenvalue weighted by Gasteiger charge is 2.24. The summed E-state index contributed by atoms with van der Waals surface area (Å²) in [7, 11) is 0. The molecule has 116 valence electrons. The van der Waals surface area contributed by atoms with Crippen LogP contribution in [0.4, 0.5) is 0 Å². The number of rotatable bonds is 3. The number of hydrogen-bond donors (Lipinski definition) is 0. The topological polar surface area (TPSA) is 43.1 Å². The molecule has 3 heterocycles. The minimum absolute atomic E-state index is 0.359. The first-order chi connectivity index (χ1) is 10.7. The molecule has 0 spiro atoms. The molecule has 3 aromatic rings. The Morgan fingerprint density at radius 1 is 1.23 bits per heavy atom. The van der Waals surface area contributed by atoms with Gasteiger partial charge in [-0.15, -0.1) is 21.5 Å². The smallest absolute Gasteiger partial charge is 0.197 e. The molecule has 0 aliphatic heterocycles. The number of aryl methyl sites for hydroxylation is 2. The van der Waals surface area contributed by atoms with E-state index in [1.165, 1.54) is 35.1 Å². The predicted octanol–water partition coefficient (Wildman–Crippen LogP) is 4.45. The quantitative estimate of drug-likeness (QED) is 0.665. The van der Waals surface area contributed by atoms with Gasteiger partial charge < -0.3 is 0 Å². The highest BCUT2D eigenvalue weighted by Crippen LogP contribution is 2.39. The van der Waals surface area contributed by atoms with Crippen LogP contribution in [0.2, 0.25) is 0 Å². The summed E-state index contributed by atoms with van der Waals surface area (Å²) in [6.07, 6.45) is 4.94. The highest BCUT2D eigenvalue weighted by atomic mass is 32.2. The second-order valence-electron chi connectivity index (χ2n) is 6.09. The van der Waals surface area contributed by atoms with Crippen molar-refractivity contribution in [2.24, 2.45) is 0 Å². The van der Waals surface area contributed by atoms with Gasteiger partial charge in [0.05, 0.1) is 5.39 Å². The van der Waals surface area contributed by atoms with E-state index < -0.39 is 0 Å². The van der Waals surface area contributed by atoms with Crippen LogP contribution in [0.1, 0.15) is 55.8 Å². The predicted molar refractivity (Wildman–Crippen MR) is 93.3 cm³/mol. The van der Waals surface area contributed by atoms with Crippen molar-refractivity contribution in [2.45, 2.75) is 57.5 Å². The average molecular weight is 332 g/mol. The summed E-state index contributed by atoms with van der Waals surface area (Å²) in [6.45, 7) is 6.54. The van der Waals surface area contributed by atoms with Gasteiger partial charge in [0.1, 0.15) is 10.7 Å². The molecule has 6 heteroatoms. The van der Waals surface area contributed by atoms with Crippen molar-refractivity contribution >= 4 is 39.0 Å². The summed E-state index contributed by atoms with van der Waals surface area (Å²) in [5, 5.41) is 11.2. The van der Waals surface area contributed by atoms with Gasteiger partial charge in [0.25, 0.3) is 0 Å². The van der Waals surface area contributed by atoms with E-state index >= 15 is 0 Å². The molecule has 0 radical (unpaired) electrons. The monoisotopic (exact) mass is 332 g/mol. The summed E-state index contributed by atoms with van der Waals surface area (Å²) in [4.78, 5) is 7.69. The molecule has 22 heavy (non-hydrogen) atoms. The van der Waals surface area contributed by atoms with E-state index in [0.717, 1.165) is 33.6 Å². The number of nitrogens with zero attached hydrogens (tertiary/aromatic N) is 4. The molecule has 0 aromatic carbocycles. The van der Waals surface area contributed by atoms with Crippen LogP contribution < -0.4 is 0 Å². The van der Waals surface area contributed by atoms with Gasteiger partial charge in [-0.05, 0) is 37.0 Å². The molecule has 0 bridgehead atoms. The first-order valence-corrected chi connectivity index (χ1v) is 9.83. The maximum absolute atomic E-state index is 5.01. The number of thioether (sulfide) groups is 1. The van der Waals surface area contributed by atoms with Crippen molar-refractivity contribution in [1.82, 2.24) is 19.6 Å². The summed E-state index contributed by atoms with van der Waals surface area (Å²) >= 11 is 3.61. The molecule has 0 N–H and O–H groups in total. The lowest BCUT2D eigenvalue weighted by atomic mass is 9.97. The van der Waals surface area contributed by atoms with Crippen LogP contribution >= 0.6 is 23.1 Å². The summed E-state index contributed by atoms with van der Waals surface area (Å²) < 4.78 is 2.20. The van der Waals surface area contributed by atoms with Crippen molar-refractivity contribution < 1.29 is 0 Å². The molecule has 0 saturated heterocycles. The Balaban J connectivity index is 2.10. The molecule has 3 aromatic heterocycles. The number of thiophene rings is 1. The largest absolute Gasteiger partial charge is 0.257 e. The lowest BCUT2D eigenvalue weighted by Crippen LogP contribution is -2.05. The molecule has 1 aliphatic carbocycles. The Morgan fingerprint density at radius 3 is 2.82 bits per heavy atom. The second-order valence-corrected chi connectivity index (χ2v) is 8.41. The normalized spacial score (nSPS) is 15.1. The third-order valence-corrected chi connectivity index (χ3v) is 6.24. The molecule has 4 nitrogen and oxygen atoms in total. The first kappa shape index (κ1) is 14.5. The molecule has 4 rings (SSSR count). The lowest BCUT2D eigenvalue weighted by molar-refractivity contribution is 0.699. The Morgan fingerprint density at radius 2 is 2.05 bits per heavy atom. The lowest BCUT2D eigenvalue weighted by Gasteiger charge is -2.12. The van der Waals surface area contributed by atoms with Gasteiger partial charge >= 0.3 is 0 Å². The van der Waals surface area contributed by atoms with E-state index in [1.54, 1.807) is 11.8 Å². The van der Waals surface area contributed by atoms with Crippen LogP contribution in [-0.2, 0) is 12.8 Å². The standard InChI is InChI=1S/C16H20N4S2/c1-4-21-16-19-18-14-12-10-7-5-6-8-11(10)22-15(12)17-13(9(2)3)20(14)16/h9H,4-8H2,1-3H3. The van der Waals surface area contributed by atoms with Gasteiger partial charge in [-0.2, -0.15) is 0 Å². The van der Waals surface area contributed by atoms with E-state index in [4.69, 9.17) is 4.98 Å². The Bertz CT molecular complexity index is 847. The van der Waals surface area contributed by atoms with E-state index in [9.17, 15) is 0 Å². The Hall–Kier alpha value is -1.14. The summed E-state index contributed by atoms with van der Waals surface area (Å²) in [5.41, 5.74) is 2.50. The molecule has 0 fully saturated rings. The summed E-state index contributed by atoms with van der Waals surface area (Å²) in [5.74, 6) is 2.44. The van der Waals surface area contributed by atoms with Crippen LogP contribution in [0.25, 0.3) is 15.9 Å². The van der Waals surface area contributed by atoms with Crippen LogP contribution in [-0.4, -0.2) is 25.3 Å². The van der Waals surface area contributed by atoms with E-state index in [2.05, 4.69) is 35.4 Å². The fourth-order valence-corrected chi connectivity index (χ4v) is 5.19. The zero-order valence-corrected chi connectivity index (χ0v) is 14.9. The highest BCUT2D eigenvalue weighted by molar-refractivity contribution is 7.99. The third-order valence-electron chi connectivity index (χ3n) is 4.24. The molecule has 0 amide bonds. The van der Waals surface area contributed by atoms with Gasteiger partial charge in [-0.1, -0.05) is 32.5 Å². The van der Waals surface area contributed by atoms with Crippen molar-refractivity contribution in [2.75, 3.05) is 5.75 Å². The van der Waals surface area contributed by atoms with Crippen LogP contribution in [0.15, 0.2) is 5.16 Å². The SMILES string of the molecule is CCSc1nnc2c3c4c(sc3nc(C(C)C)n12)CCCC4. The summed E-state index contributed by atoms with van der Waals surface area (Å²) in [6, 6.07) is 0. The van der Waals surface area contributed by atoms with Crippen LogP contribution in [0.5, 0.6) is 0 Å². The molecular formula is C16H20N4S2. The Labute approximate surface area is 138 Å². The van der Waals surface area contributed by atoms with Crippen molar-refractivity contribution in [1.29, 1.82) is 0 Å². The van der Waals surface area contributed by atoms with Crippen molar-refractivity contribution in [3.05, 3.63) is 16.3 Å². The van der Waals surface area contributed by atoms with Crippen LogP contribution in [0, 0.1) is 0 Å². The maximum Gasteiger partial charge on any atom is 0.197 e. The van der Waals surface area contributed by atoms with Crippen molar-refractivity contribution in [3.63, 3.8) is 0 Å². The molecule has 0 saturated carbocycles. The molecule has 0 atom stereocenters. The maximum atomic E-state index is 5.01. The minimum atomic E-state index is 0.359. The third kappa shape index (κ3) is 2.07. The Kier molecular flexibility index (Phi) is 3.61. The van der Waals surface area contributed by atoms with Gasteiger partial charge in [0, 0.05) is 10.8 Å². The minimum Gasteiger partial charge on any atom is -0.257 e. The van der Waals surface area contributed by atoms with Gasteiger partial charge in [-0.3, -0.25) is 4.40 Å². The van der Waals surface area contributed by atoms with Gasteiger partial charge in [0.15, 0.2) is 10.8 Å². The molecule has 0 unspecified atom stereocenters. The van der Waals surface area contributed by atoms with E-state index in [1.807, 2.05) is 11.3 Å². The average Bonchev–Trinajstić information content (AvgIpc) is 3.07. The first-order valence-electron chi connectivity index (χ1n) is 8.02. The van der Waals surface area contributed by atoms with E-state index in [0.29, 0.717) is 5.92 Å². The van der Waals surface area contributed by atoms with Crippen LogP contribution in [0.3, 0.4) is 0 Å². The fourth-order valence-electron chi connectivity index (χ4n) is 3.26. The number of hydrogen-bond acceptors (Lipinski definition) is 5. The zero-order valence-electron chi connectivity index (χ0n) is 13.2.